The summed E-state index contributed by atoms with van der Waals surface area (Å²) in [6.07, 6.45) is 7.98. The minimum Gasteiger partial charge on any atom is -0.744 e. The Morgan fingerprint density at radius 2 is 1.26 bits per heavy atom. The van der Waals surface area contributed by atoms with Crippen LogP contribution in [-0.2, 0) is 42.7 Å². The molecule has 53 heavy (non-hydrogen) atoms. The minimum absolute atomic E-state index is 0. The van der Waals surface area contributed by atoms with Crippen LogP contribution in [0.1, 0.15) is 36.1 Å². The number of rotatable bonds is 14. The van der Waals surface area contributed by atoms with Crippen LogP contribution in [0.5, 0.6) is 0 Å². The maximum atomic E-state index is 11.6. The molecule has 1 aliphatic rings. The summed E-state index contributed by atoms with van der Waals surface area (Å²) in [4.78, 5) is 2.21. The van der Waals surface area contributed by atoms with E-state index < -0.39 is 20.2 Å². The van der Waals surface area contributed by atoms with E-state index in [2.05, 4.69) is 18.8 Å². The van der Waals surface area contributed by atoms with Crippen LogP contribution in [0.25, 0.3) is 5.57 Å². The molecule has 11 nitrogen and oxygen atoms in total. The number of allylic oxidation sites excluding steroid dienone is 5. The third-order valence-corrected chi connectivity index (χ3v) is 10.5. The van der Waals surface area contributed by atoms with Crippen molar-refractivity contribution in [3.63, 3.8) is 0 Å². The molecule has 5 rings (SSSR count). The number of nitrogens with zero attached hydrogens (tertiary/aromatic N) is 2. The molecule has 16 heteroatoms. The van der Waals surface area contributed by atoms with Crippen molar-refractivity contribution in [1.82, 2.24) is 0 Å². The standard InChI is InChI=1S/C37H36N2O9S3.2Na/c1-3-38(25-27-7-5-9-35(23-27)50(41,42)43)32-17-11-29(12-18-32)37(31-15-21-34(22-16-31)49-48-47-40)30-13-19-33(20-14-30)39(4-2)26-28-8-6-10-36(24-28)51(44,45)46;;/h5-24H,3-4,25-26H2,1-2H3,(H2-,40,41,42,43,44,45,46);;/q;2*+1/p-2. The molecule has 4 aromatic rings. The summed E-state index contributed by atoms with van der Waals surface area (Å²) in [5, 5.41) is 13.8. The van der Waals surface area contributed by atoms with E-state index in [-0.39, 0.29) is 68.9 Å². The van der Waals surface area contributed by atoms with E-state index in [1.54, 1.807) is 24.3 Å². The molecule has 266 valence electrons. The molecule has 0 spiro atoms. The molecule has 4 aromatic carbocycles. The Hall–Kier alpha value is -2.38. The van der Waals surface area contributed by atoms with E-state index in [0.29, 0.717) is 42.2 Å². The zero-order valence-electron chi connectivity index (χ0n) is 29.7. The van der Waals surface area contributed by atoms with Crippen molar-refractivity contribution >= 4 is 49.3 Å². The second-order valence-electron chi connectivity index (χ2n) is 11.4. The monoisotopic (exact) mass is 792 g/mol. The van der Waals surface area contributed by atoms with Gasteiger partial charge >= 0.3 is 59.1 Å². The van der Waals surface area contributed by atoms with Crippen LogP contribution in [-0.4, -0.2) is 49.3 Å². The summed E-state index contributed by atoms with van der Waals surface area (Å²) < 4.78 is 75.9. The van der Waals surface area contributed by atoms with Gasteiger partial charge in [-0.3, -0.25) is 5.04 Å². The predicted molar refractivity (Wildman–Crippen MR) is 190 cm³/mol. The fourth-order valence-electron chi connectivity index (χ4n) is 5.72. The molecular weight excluding hydrogens is 759 g/mol. The van der Waals surface area contributed by atoms with Crippen molar-refractivity contribution in [2.75, 3.05) is 18.0 Å². The first-order valence-electron chi connectivity index (χ1n) is 15.8. The van der Waals surface area contributed by atoms with Crippen LogP contribution in [0, 0.1) is 0 Å². The first-order valence-corrected chi connectivity index (χ1v) is 19.4. The average Bonchev–Trinajstić information content (AvgIpc) is 3.13. The Balaban J connectivity index is 0.00000378. The zero-order chi connectivity index (χ0) is 36.6. The third-order valence-electron chi connectivity index (χ3n) is 8.23. The summed E-state index contributed by atoms with van der Waals surface area (Å²) in [6, 6.07) is 27.5. The molecule has 0 bridgehead atoms. The Bertz CT molecular complexity index is 2210. The van der Waals surface area contributed by atoms with Gasteiger partial charge in [0.05, 0.1) is 21.8 Å². The van der Waals surface area contributed by atoms with Gasteiger partial charge in [0.25, 0.3) is 0 Å². The van der Waals surface area contributed by atoms with Crippen LogP contribution < -0.4 is 69.3 Å². The molecule has 0 saturated carbocycles. The van der Waals surface area contributed by atoms with Crippen molar-refractivity contribution in [1.29, 1.82) is 0 Å². The molecule has 0 amide bonds. The summed E-state index contributed by atoms with van der Waals surface area (Å²) in [5.41, 5.74) is 6.86. The van der Waals surface area contributed by atoms with Gasteiger partial charge in [-0.15, -0.1) is 0 Å². The fraction of sp³-hybridized carbons (Fsp3) is 0.162. The number of anilines is 1. The number of hydrogen-bond donors (Lipinski definition) is 0. The molecule has 0 radical (unpaired) electrons. The van der Waals surface area contributed by atoms with E-state index in [1.165, 1.54) is 24.3 Å². The normalized spacial score (nSPS) is 12.5. The van der Waals surface area contributed by atoms with E-state index >= 15 is 0 Å². The van der Waals surface area contributed by atoms with Gasteiger partial charge in [-0.2, -0.15) is 4.33 Å². The van der Waals surface area contributed by atoms with Gasteiger partial charge < -0.3 is 19.3 Å². The molecule has 0 N–H and O–H groups in total. The molecule has 0 aliphatic heterocycles. The Morgan fingerprint density at radius 3 is 1.77 bits per heavy atom. The smallest absolute Gasteiger partial charge is 0.744 e. The predicted octanol–water partition coefficient (Wildman–Crippen LogP) is -0.639. The largest absolute Gasteiger partial charge is 1.00 e. The SMILES string of the molecule is CCN(Cc1cccc(S(=O)(=O)[O-])c1)c1ccc(C(=C2C=CC(=[N+](CC)Cc3cccc(S(=O)(=O)[O-])c3)C=C2)c2ccc(SOO[O-])cc2)cc1.[Na+].[Na+]. The van der Waals surface area contributed by atoms with Crippen LogP contribution in [0.4, 0.5) is 5.69 Å². The topological polar surface area (TPSA) is 162 Å². The van der Waals surface area contributed by atoms with Crippen molar-refractivity contribution in [2.24, 2.45) is 0 Å². The summed E-state index contributed by atoms with van der Waals surface area (Å²) in [5.74, 6) is 0. The Kier molecular flexibility index (Phi) is 17.4. The molecule has 0 atom stereocenters. The molecular formula is C37H34N2Na2O9S3. The average molecular weight is 793 g/mol. The van der Waals surface area contributed by atoms with E-state index in [1.807, 2.05) is 86.7 Å². The second kappa shape index (κ2) is 20.5. The fourth-order valence-corrected chi connectivity index (χ4v) is 7.15. The molecule has 0 unspecified atom stereocenters. The molecule has 0 aromatic heterocycles. The maximum Gasteiger partial charge on any atom is 1.00 e. The van der Waals surface area contributed by atoms with E-state index in [0.717, 1.165) is 45.7 Å². The van der Waals surface area contributed by atoms with Gasteiger partial charge in [0.2, 0.25) is 0 Å². The van der Waals surface area contributed by atoms with Gasteiger partial charge in [0.15, 0.2) is 12.3 Å². The number of hydrogen-bond acceptors (Lipinski definition) is 11. The minimum atomic E-state index is -4.57. The van der Waals surface area contributed by atoms with Crippen molar-refractivity contribution in [3.8, 4) is 0 Å². The molecule has 0 fully saturated rings. The third kappa shape index (κ3) is 12.3. The Morgan fingerprint density at radius 1 is 0.736 bits per heavy atom. The van der Waals surface area contributed by atoms with Crippen LogP contribution in [0.3, 0.4) is 0 Å². The summed E-state index contributed by atoms with van der Waals surface area (Å²) in [6.45, 7) is 6.04. The maximum absolute atomic E-state index is 11.6. The molecule has 1 aliphatic carbocycles. The van der Waals surface area contributed by atoms with Crippen LogP contribution in [0.15, 0.2) is 142 Å². The van der Waals surface area contributed by atoms with Crippen LogP contribution in [0.2, 0.25) is 0 Å². The Labute approximate surface area is 358 Å². The summed E-state index contributed by atoms with van der Waals surface area (Å²) >= 11 is 0.797. The van der Waals surface area contributed by atoms with Gasteiger partial charge in [-0.25, -0.2) is 21.4 Å². The molecule has 0 saturated heterocycles. The van der Waals surface area contributed by atoms with Gasteiger partial charge in [-0.05, 0) is 102 Å². The van der Waals surface area contributed by atoms with E-state index in [9.17, 15) is 31.2 Å². The van der Waals surface area contributed by atoms with E-state index in [4.69, 9.17) is 0 Å². The van der Waals surface area contributed by atoms with Crippen molar-refractivity contribution < 1.29 is 104 Å². The van der Waals surface area contributed by atoms with Gasteiger partial charge in [0, 0.05) is 41.4 Å². The van der Waals surface area contributed by atoms with Gasteiger partial charge in [-0.1, -0.05) is 48.5 Å². The molecule has 0 heterocycles. The van der Waals surface area contributed by atoms with Crippen molar-refractivity contribution in [2.45, 2.75) is 41.6 Å². The first-order chi connectivity index (χ1) is 24.4. The van der Waals surface area contributed by atoms with Crippen molar-refractivity contribution in [3.05, 3.63) is 149 Å². The second-order valence-corrected chi connectivity index (χ2v) is 15.0. The zero-order valence-corrected chi connectivity index (χ0v) is 36.1. The van der Waals surface area contributed by atoms with Gasteiger partial charge in [0.1, 0.15) is 26.8 Å². The first kappa shape index (κ1) is 45.0. The van der Waals surface area contributed by atoms with Crippen LogP contribution >= 0.6 is 12.0 Å². The quantitative estimate of drug-likeness (QED) is 0.0399. The number of benzene rings is 4. The summed E-state index contributed by atoms with van der Waals surface area (Å²) in [7, 11) is -9.14.